The number of carbonyl (C=O) groups excluding carboxylic acids is 1. The second kappa shape index (κ2) is 9.52. The van der Waals surface area contributed by atoms with Crippen LogP contribution in [-0.4, -0.2) is 17.5 Å². The second-order valence-corrected chi connectivity index (χ2v) is 1.11. The summed E-state index contributed by atoms with van der Waals surface area (Å²) in [7, 11) is 0. The maximum atomic E-state index is 9.73. The van der Waals surface area contributed by atoms with E-state index in [1.807, 2.05) is 12.3 Å². The Morgan fingerprint density at radius 2 is 2.09 bits per heavy atom. The van der Waals surface area contributed by atoms with Crippen LogP contribution < -0.4 is 0 Å². The van der Waals surface area contributed by atoms with Crippen LogP contribution in [0, 0.1) is 12.3 Å². The molecular weight excluding hydrogens is 225 g/mol. The number of hydrogen-bond acceptors (Lipinski definition) is 3. The van der Waals surface area contributed by atoms with Crippen molar-refractivity contribution in [2.45, 2.75) is 0 Å². The van der Waals surface area contributed by atoms with E-state index in [-0.39, 0.29) is 39.2 Å². The van der Waals surface area contributed by atoms with E-state index >= 15 is 0 Å². The Morgan fingerprint density at radius 1 is 1.45 bits per heavy atom. The zero-order valence-corrected chi connectivity index (χ0v) is 8.32. The van der Waals surface area contributed by atoms with Gasteiger partial charge in [-0.2, -0.15) is 0 Å². The third-order valence-corrected chi connectivity index (χ3v) is 0.474. The summed E-state index contributed by atoms with van der Waals surface area (Å²) < 4.78 is 3.97. The molecule has 5 heteroatoms. The molecule has 57 valence electrons. The molecule has 11 heavy (non-hydrogen) atoms. The Bertz CT molecular complexity index is 173. The van der Waals surface area contributed by atoms with E-state index in [1.165, 1.54) is 0 Å². The number of carbonyl (C=O) groups is 2. The normalized spacial score (nSPS) is 9.45. The molecule has 0 heterocycles. The smallest absolute Gasteiger partial charge is 0.222 e. The third-order valence-electron chi connectivity index (χ3n) is 0.474. The van der Waals surface area contributed by atoms with E-state index < -0.39 is 5.97 Å². The summed E-state index contributed by atoms with van der Waals surface area (Å²) in [5, 5.41) is 7.97. The van der Waals surface area contributed by atoms with Crippen molar-refractivity contribution in [3.63, 3.8) is 0 Å². The number of carboxylic acids is 1. The summed E-state index contributed by atoms with van der Waals surface area (Å²) in [5.41, 5.74) is 0. The van der Waals surface area contributed by atoms with Crippen LogP contribution in [0.5, 0.6) is 0 Å². The maximum Gasteiger partial charge on any atom is 0.222 e. The van der Waals surface area contributed by atoms with Gasteiger partial charge in [0.15, 0.2) is 6.47 Å². The first kappa shape index (κ1) is 13.1. The molecule has 4 nitrogen and oxygen atoms in total. The molecule has 0 unspecified atom stereocenters. The van der Waals surface area contributed by atoms with Gasteiger partial charge in [0.1, 0.15) is 0 Å². The van der Waals surface area contributed by atoms with Gasteiger partial charge >= 0.3 is 0 Å². The number of ether oxygens (including phenoxy) is 1. The van der Waals surface area contributed by atoms with Gasteiger partial charge in [-0.25, -0.2) is 6.08 Å². The molecule has 0 aliphatic carbocycles. The first-order valence-corrected chi connectivity index (χ1v) is 2.26. The molecule has 0 bridgehead atoms. The molecule has 0 aromatic heterocycles. The van der Waals surface area contributed by atoms with Crippen molar-refractivity contribution in [1.82, 2.24) is 0 Å². The van der Waals surface area contributed by atoms with Crippen molar-refractivity contribution in [3.05, 3.63) is 24.5 Å². The number of hydrogen-bond donors (Lipinski definition) is 1. The van der Waals surface area contributed by atoms with Crippen LogP contribution in [0.2, 0.25) is 0 Å². The fourth-order valence-corrected chi connectivity index (χ4v) is 0.214. The van der Waals surface area contributed by atoms with E-state index in [1.54, 1.807) is 0 Å². The van der Waals surface area contributed by atoms with Crippen molar-refractivity contribution in [2.75, 3.05) is 0 Å². The second-order valence-electron chi connectivity index (χ2n) is 1.11. The zero-order chi connectivity index (χ0) is 7.82. The predicted octanol–water partition coefficient (Wildman–Crippen LogP) is -0.0822. The number of rotatable bonds is 4. The zero-order valence-electron chi connectivity index (χ0n) is 5.48. The Hall–Kier alpha value is -0.476. The Morgan fingerprint density at radius 3 is 2.55 bits per heavy atom. The van der Waals surface area contributed by atoms with Gasteiger partial charge in [0.2, 0.25) is 5.97 Å². The molecule has 0 amide bonds. The molecule has 0 aromatic rings. The predicted molar refractivity (Wildman–Crippen MR) is 30.4 cm³/mol. The van der Waals surface area contributed by atoms with Gasteiger partial charge in [0, 0.05) is 32.7 Å². The van der Waals surface area contributed by atoms with E-state index in [4.69, 9.17) is 5.11 Å². The molecule has 0 saturated carbocycles. The molecule has 1 N–H and O–H groups in total. The molecule has 0 spiro atoms. The van der Waals surface area contributed by atoms with Gasteiger partial charge in [0.05, 0.1) is 0 Å². The van der Waals surface area contributed by atoms with Crippen LogP contribution in [0.3, 0.4) is 0 Å². The van der Waals surface area contributed by atoms with Crippen molar-refractivity contribution in [3.8, 4) is 0 Å². The maximum absolute atomic E-state index is 9.73. The largest absolute Gasteiger partial charge is 0.578 e. The molecule has 0 atom stereocenters. The summed E-state index contributed by atoms with van der Waals surface area (Å²) >= 11 is 0. The van der Waals surface area contributed by atoms with Crippen LogP contribution in [0.4, 0.5) is 0 Å². The summed E-state index contributed by atoms with van der Waals surface area (Å²) in [6.07, 6.45) is 6.07. The topological polar surface area (TPSA) is 63.6 Å². The average Bonchev–Trinajstić information content (AvgIpc) is 1.87. The van der Waals surface area contributed by atoms with Gasteiger partial charge < -0.3 is 20.7 Å². The Labute approximate surface area is 88.8 Å². The van der Waals surface area contributed by atoms with E-state index in [9.17, 15) is 9.59 Å². The molecule has 0 aliphatic heterocycles. The summed E-state index contributed by atoms with van der Waals surface area (Å²) in [6.45, 7) is 0.172. The van der Waals surface area contributed by atoms with Gasteiger partial charge in [0.25, 0.3) is 0 Å². The van der Waals surface area contributed by atoms with Gasteiger partial charge in [-0.15, -0.1) is 6.26 Å². The van der Waals surface area contributed by atoms with E-state index in [0.717, 1.165) is 12.2 Å². The first-order chi connectivity index (χ1) is 4.77. The Balaban J connectivity index is 0. The SMILES string of the molecule is O=CO[C-]=CC=[C-]C(=O)O.[Y]. The van der Waals surface area contributed by atoms with Crippen LogP contribution in [0.15, 0.2) is 12.2 Å². The van der Waals surface area contributed by atoms with Crippen LogP contribution in [-0.2, 0) is 47.0 Å². The van der Waals surface area contributed by atoms with Crippen LogP contribution in [0.25, 0.3) is 0 Å². The number of carboxylic acid groups (broad SMARTS) is 1. The van der Waals surface area contributed by atoms with Gasteiger partial charge in [-0.05, 0) is 0 Å². The third kappa shape index (κ3) is 12.7. The van der Waals surface area contributed by atoms with Crippen molar-refractivity contribution >= 4 is 12.4 Å². The first-order valence-electron chi connectivity index (χ1n) is 2.26. The summed E-state index contributed by atoms with van der Waals surface area (Å²) in [4.78, 5) is 19.2. The van der Waals surface area contributed by atoms with Gasteiger partial charge in [-0.1, -0.05) is 0 Å². The molecule has 0 saturated heterocycles. The molecule has 0 aliphatic rings. The van der Waals surface area contributed by atoms with Crippen LogP contribution >= 0.6 is 0 Å². The minimum Gasteiger partial charge on any atom is -0.578 e. The molecule has 0 fully saturated rings. The van der Waals surface area contributed by atoms with E-state index in [0.29, 0.717) is 0 Å². The average molecular weight is 229 g/mol. The molecular formula is C6H4O4Y-2. The summed E-state index contributed by atoms with van der Waals surface area (Å²) in [5.74, 6) is -1.19. The minimum absolute atomic E-state index is 0. The monoisotopic (exact) mass is 229 g/mol. The molecule has 1 radical (unpaired) electrons. The van der Waals surface area contributed by atoms with Crippen LogP contribution in [0.1, 0.15) is 0 Å². The van der Waals surface area contributed by atoms with Crippen molar-refractivity contribution < 1.29 is 52.1 Å². The molecule has 0 rings (SSSR count). The van der Waals surface area contributed by atoms with Crippen molar-refractivity contribution in [1.29, 1.82) is 0 Å². The van der Waals surface area contributed by atoms with E-state index in [2.05, 4.69) is 4.74 Å². The quantitative estimate of drug-likeness (QED) is 0.241. The fourth-order valence-electron chi connectivity index (χ4n) is 0.214. The minimum atomic E-state index is -1.19. The number of allylic oxidation sites excluding steroid dienone is 2. The summed E-state index contributed by atoms with van der Waals surface area (Å²) in [6, 6.07) is 0. The molecule has 0 aromatic carbocycles. The van der Waals surface area contributed by atoms with Gasteiger partial charge in [-0.3, -0.25) is 10.9 Å². The number of aliphatic carboxylic acids is 1. The fraction of sp³-hybridized carbons (Fsp3) is 0. The standard InChI is InChI=1S/C6H4O4.Y/c7-5-10-4-2-1-3-6(8)9;/h1-2,5H,(H,8,9);/q-2;. The Kier molecular flexibility index (Phi) is 11.4. The van der Waals surface area contributed by atoms with Crippen molar-refractivity contribution in [2.24, 2.45) is 0 Å².